The van der Waals surface area contributed by atoms with Gasteiger partial charge in [-0.05, 0) is 30.9 Å². The molecule has 3 N–H and O–H groups in total. The van der Waals surface area contributed by atoms with Gasteiger partial charge in [-0.1, -0.05) is 0 Å². The Kier molecular flexibility index (Phi) is 3.43. The Balaban J connectivity index is 2.77. The summed E-state index contributed by atoms with van der Waals surface area (Å²) in [5.74, 6) is -0.115. The number of nitrogens with one attached hydrogen (secondary N) is 1. The molecule has 0 saturated carbocycles. The van der Waals surface area contributed by atoms with E-state index in [9.17, 15) is 4.79 Å². The van der Waals surface area contributed by atoms with Crippen LogP contribution >= 0.6 is 11.8 Å². The van der Waals surface area contributed by atoms with Crippen LogP contribution in [-0.4, -0.2) is 17.1 Å². The second-order valence-corrected chi connectivity index (χ2v) is 4.98. The summed E-state index contributed by atoms with van der Waals surface area (Å²) in [6, 6.07) is 3.86. The maximum Gasteiger partial charge on any atom is 0.221 e. The monoisotopic (exact) mass is 261 g/mol. The molecule has 0 atom stereocenters. The molecular formula is C13H15N3OS. The highest BCUT2D eigenvalue weighted by Crippen LogP contribution is 2.35. The number of aromatic nitrogens is 1. The number of aryl methyl sites for hydroxylation is 1. The molecule has 1 aromatic heterocycles. The third-order valence-electron chi connectivity index (χ3n) is 2.64. The van der Waals surface area contributed by atoms with Crippen molar-refractivity contribution < 1.29 is 4.79 Å². The lowest BCUT2D eigenvalue weighted by molar-refractivity contribution is -0.114. The number of fused-ring (bicyclic) bond motifs is 1. The second-order valence-electron chi connectivity index (χ2n) is 4.13. The third kappa shape index (κ3) is 2.26. The van der Waals surface area contributed by atoms with Gasteiger partial charge in [0.05, 0.1) is 16.9 Å². The van der Waals surface area contributed by atoms with Gasteiger partial charge >= 0.3 is 0 Å². The van der Waals surface area contributed by atoms with E-state index in [4.69, 9.17) is 5.73 Å². The van der Waals surface area contributed by atoms with Crippen LogP contribution in [0.1, 0.15) is 12.5 Å². The van der Waals surface area contributed by atoms with Gasteiger partial charge < -0.3 is 11.1 Å². The topological polar surface area (TPSA) is 68.0 Å². The van der Waals surface area contributed by atoms with Crippen LogP contribution < -0.4 is 11.1 Å². The predicted molar refractivity (Wildman–Crippen MR) is 77.0 cm³/mol. The number of nitrogens with zero attached hydrogens (tertiary/aromatic N) is 1. The van der Waals surface area contributed by atoms with Gasteiger partial charge in [0, 0.05) is 23.4 Å². The first kappa shape index (κ1) is 12.7. The van der Waals surface area contributed by atoms with Crippen molar-refractivity contribution in [3.05, 3.63) is 23.9 Å². The highest BCUT2D eigenvalue weighted by molar-refractivity contribution is 7.98. The zero-order chi connectivity index (χ0) is 13.3. The Bertz CT molecular complexity index is 625. The minimum absolute atomic E-state index is 0.115. The van der Waals surface area contributed by atoms with E-state index >= 15 is 0 Å². The maximum atomic E-state index is 11.2. The Morgan fingerprint density at radius 2 is 2.17 bits per heavy atom. The molecule has 1 amide bonds. The smallest absolute Gasteiger partial charge is 0.221 e. The summed E-state index contributed by atoms with van der Waals surface area (Å²) >= 11 is 1.55. The lowest BCUT2D eigenvalue weighted by Crippen LogP contribution is -2.07. The van der Waals surface area contributed by atoms with E-state index in [0.29, 0.717) is 11.4 Å². The number of amides is 1. The molecule has 1 heterocycles. The van der Waals surface area contributed by atoms with Crippen LogP contribution in [0.15, 0.2) is 23.2 Å². The number of carbonyl (C=O) groups excluding carboxylic acids is 1. The molecule has 18 heavy (non-hydrogen) atoms. The SMILES string of the molecule is CSc1cc(NC(C)=O)c2ncc(C)cc2c1N. The number of nitrogens with two attached hydrogens (primary N) is 1. The van der Waals surface area contributed by atoms with Crippen LogP contribution in [0.2, 0.25) is 0 Å². The molecule has 0 saturated heterocycles. The normalized spacial score (nSPS) is 10.6. The fraction of sp³-hybridized carbons (Fsp3) is 0.231. The summed E-state index contributed by atoms with van der Waals surface area (Å²) in [6.07, 6.45) is 3.73. The summed E-state index contributed by atoms with van der Waals surface area (Å²) in [5.41, 5.74) is 9.31. The number of hydrogen-bond acceptors (Lipinski definition) is 4. The first-order valence-corrected chi connectivity index (χ1v) is 6.76. The number of anilines is 2. The van der Waals surface area contributed by atoms with E-state index in [1.807, 2.05) is 25.3 Å². The number of pyridine rings is 1. The van der Waals surface area contributed by atoms with Crippen LogP contribution in [0.3, 0.4) is 0 Å². The fourth-order valence-corrected chi connectivity index (χ4v) is 2.42. The lowest BCUT2D eigenvalue weighted by Gasteiger charge is -2.12. The molecule has 4 nitrogen and oxygen atoms in total. The maximum absolute atomic E-state index is 11.2. The number of thioether (sulfide) groups is 1. The van der Waals surface area contributed by atoms with Gasteiger partial charge in [0.1, 0.15) is 0 Å². The van der Waals surface area contributed by atoms with Crippen molar-refractivity contribution in [1.29, 1.82) is 0 Å². The van der Waals surface area contributed by atoms with Gasteiger partial charge in [0.15, 0.2) is 0 Å². The molecule has 0 aliphatic rings. The van der Waals surface area contributed by atoms with E-state index in [1.54, 1.807) is 18.0 Å². The lowest BCUT2D eigenvalue weighted by atomic mass is 10.1. The van der Waals surface area contributed by atoms with Crippen molar-refractivity contribution in [2.45, 2.75) is 18.7 Å². The molecule has 0 bridgehead atoms. The summed E-state index contributed by atoms with van der Waals surface area (Å²) < 4.78 is 0. The summed E-state index contributed by atoms with van der Waals surface area (Å²) in [6.45, 7) is 3.45. The molecule has 94 valence electrons. The van der Waals surface area contributed by atoms with E-state index in [1.165, 1.54) is 6.92 Å². The molecule has 0 aliphatic carbocycles. The summed E-state index contributed by atoms with van der Waals surface area (Å²) in [5, 5.41) is 3.68. The number of benzene rings is 1. The minimum Gasteiger partial charge on any atom is -0.397 e. The fourth-order valence-electron chi connectivity index (χ4n) is 1.85. The molecule has 0 fully saturated rings. The molecule has 0 radical (unpaired) electrons. The molecular weight excluding hydrogens is 246 g/mol. The van der Waals surface area contributed by atoms with Crippen LogP contribution in [0.5, 0.6) is 0 Å². The zero-order valence-corrected chi connectivity index (χ0v) is 11.4. The van der Waals surface area contributed by atoms with Crippen LogP contribution in [0.4, 0.5) is 11.4 Å². The summed E-state index contributed by atoms with van der Waals surface area (Å²) in [7, 11) is 0. The number of rotatable bonds is 2. The van der Waals surface area contributed by atoms with Gasteiger partial charge in [-0.2, -0.15) is 0 Å². The van der Waals surface area contributed by atoms with Gasteiger partial charge in [0.2, 0.25) is 5.91 Å². The van der Waals surface area contributed by atoms with Gasteiger partial charge in [-0.25, -0.2) is 0 Å². The molecule has 2 rings (SSSR count). The second kappa shape index (κ2) is 4.86. The predicted octanol–water partition coefficient (Wildman–Crippen LogP) is 2.81. The van der Waals surface area contributed by atoms with E-state index in [-0.39, 0.29) is 5.91 Å². The highest BCUT2D eigenvalue weighted by Gasteiger charge is 2.11. The zero-order valence-electron chi connectivity index (χ0n) is 10.6. The van der Waals surface area contributed by atoms with Gasteiger partial charge in [0.25, 0.3) is 0 Å². The van der Waals surface area contributed by atoms with Crippen molar-refractivity contribution in [3.8, 4) is 0 Å². The molecule has 0 spiro atoms. The first-order chi connectivity index (χ1) is 8.52. The standard InChI is InChI=1S/C13H15N3OS/c1-7-4-9-12(14)11(18-3)5-10(16-8(2)17)13(9)15-6-7/h4-6H,14H2,1-3H3,(H,16,17). The number of carbonyl (C=O) groups is 1. The van der Waals surface area contributed by atoms with Gasteiger partial charge in [-0.3, -0.25) is 9.78 Å². The Morgan fingerprint density at radius 1 is 1.44 bits per heavy atom. The van der Waals surface area contributed by atoms with E-state index in [0.717, 1.165) is 21.4 Å². The largest absolute Gasteiger partial charge is 0.397 e. The Morgan fingerprint density at radius 3 is 2.78 bits per heavy atom. The molecule has 2 aromatic rings. The Labute approximate surface area is 110 Å². The molecule has 0 unspecified atom stereocenters. The number of hydrogen-bond donors (Lipinski definition) is 2. The molecule has 5 heteroatoms. The third-order valence-corrected chi connectivity index (χ3v) is 3.42. The van der Waals surface area contributed by atoms with Crippen molar-refractivity contribution in [2.24, 2.45) is 0 Å². The molecule has 0 aliphatic heterocycles. The van der Waals surface area contributed by atoms with Crippen molar-refractivity contribution >= 4 is 39.9 Å². The van der Waals surface area contributed by atoms with Crippen molar-refractivity contribution in [1.82, 2.24) is 4.98 Å². The van der Waals surface area contributed by atoms with Crippen LogP contribution in [-0.2, 0) is 4.79 Å². The summed E-state index contributed by atoms with van der Waals surface area (Å²) in [4.78, 5) is 16.5. The quantitative estimate of drug-likeness (QED) is 0.644. The van der Waals surface area contributed by atoms with Crippen molar-refractivity contribution in [2.75, 3.05) is 17.3 Å². The van der Waals surface area contributed by atoms with E-state index < -0.39 is 0 Å². The average molecular weight is 261 g/mol. The first-order valence-electron chi connectivity index (χ1n) is 5.53. The number of nitrogen functional groups attached to an aromatic ring is 1. The molecule has 1 aromatic carbocycles. The van der Waals surface area contributed by atoms with E-state index in [2.05, 4.69) is 10.3 Å². The highest BCUT2D eigenvalue weighted by atomic mass is 32.2. The van der Waals surface area contributed by atoms with Crippen molar-refractivity contribution in [3.63, 3.8) is 0 Å². The Hall–Kier alpha value is -1.75. The van der Waals surface area contributed by atoms with Crippen LogP contribution in [0, 0.1) is 6.92 Å². The minimum atomic E-state index is -0.115. The van der Waals surface area contributed by atoms with Crippen LogP contribution in [0.25, 0.3) is 10.9 Å². The van der Waals surface area contributed by atoms with Gasteiger partial charge in [-0.15, -0.1) is 11.8 Å². The average Bonchev–Trinajstić information content (AvgIpc) is 2.32.